The lowest BCUT2D eigenvalue weighted by Gasteiger charge is -2.16. The summed E-state index contributed by atoms with van der Waals surface area (Å²) in [6.45, 7) is 0.192. The average Bonchev–Trinajstić information content (AvgIpc) is 2.17. The molecule has 1 aromatic rings. The fourth-order valence-corrected chi connectivity index (χ4v) is 2.38. The van der Waals surface area contributed by atoms with Crippen LogP contribution in [0, 0.1) is 11.6 Å². The fourth-order valence-electron chi connectivity index (χ4n) is 1.15. The number of benzene rings is 1. The van der Waals surface area contributed by atoms with Crippen molar-refractivity contribution in [1.82, 2.24) is 4.31 Å². The van der Waals surface area contributed by atoms with E-state index >= 15 is 0 Å². The minimum Gasteiger partial charge on any atom is -0.329 e. The highest BCUT2D eigenvalue weighted by Crippen LogP contribution is 2.18. The van der Waals surface area contributed by atoms with E-state index in [-0.39, 0.29) is 13.1 Å². The smallest absolute Gasteiger partial charge is 0.245 e. The van der Waals surface area contributed by atoms with E-state index in [2.05, 4.69) is 0 Å². The molecule has 90 valence electrons. The molecule has 1 aromatic carbocycles. The molecule has 0 bridgehead atoms. The van der Waals surface area contributed by atoms with Crippen molar-refractivity contribution in [2.45, 2.75) is 4.90 Å². The third-order valence-electron chi connectivity index (χ3n) is 2.03. The fraction of sp³-hybridized carbons (Fsp3) is 0.333. The number of rotatable bonds is 4. The highest BCUT2D eigenvalue weighted by atomic mass is 32.2. The molecule has 0 aliphatic carbocycles. The third-order valence-corrected chi connectivity index (χ3v) is 3.92. The van der Waals surface area contributed by atoms with Crippen molar-refractivity contribution < 1.29 is 17.2 Å². The van der Waals surface area contributed by atoms with Gasteiger partial charge in [0.25, 0.3) is 0 Å². The Morgan fingerprint density at radius 3 is 2.50 bits per heavy atom. The molecule has 2 N–H and O–H groups in total. The number of halogens is 2. The average molecular weight is 250 g/mol. The number of hydrogen-bond donors (Lipinski definition) is 1. The monoisotopic (exact) mass is 250 g/mol. The van der Waals surface area contributed by atoms with Crippen LogP contribution in [0.4, 0.5) is 8.78 Å². The van der Waals surface area contributed by atoms with Crippen molar-refractivity contribution in [1.29, 1.82) is 0 Å². The summed E-state index contributed by atoms with van der Waals surface area (Å²) < 4.78 is 50.3. The maximum atomic E-state index is 13.3. The number of hydrogen-bond acceptors (Lipinski definition) is 3. The molecule has 0 saturated carbocycles. The van der Waals surface area contributed by atoms with Crippen LogP contribution in [0.15, 0.2) is 23.1 Å². The molecular weight excluding hydrogens is 238 g/mol. The minimum absolute atomic E-state index is 0.0686. The second kappa shape index (κ2) is 4.86. The lowest BCUT2D eigenvalue weighted by Crippen LogP contribution is -2.32. The van der Waals surface area contributed by atoms with Gasteiger partial charge in [-0.25, -0.2) is 17.2 Å². The highest BCUT2D eigenvalue weighted by molar-refractivity contribution is 7.89. The van der Waals surface area contributed by atoms with Crippen LogP contribution < -0.4 is 5.73 Å². The molecule has 1 rings (SSSR count). The topological polar surface area (TPSA) is 63.4 Å². The zero-order valence-corrected chi connectivity index (χ0v) is 9.47. The second-order valence-electron chi connectivity index (χ2n) is 3.19. The largest absolute Gasteiger partial charge is 0.329 e. The Kier molecular flexibility index (Phi) is 3.95. The number of sulfonamides is 1. The van der Waals surface area contributed by atoms with Crippen LogP contribution in [0.25, 0.3) is 0 Å². The van der Waals surface area contributed by atoms with Gasteiger partial charge in [0.15, 0.2) is 0 Å². The highest BCUT2D eigenvalue weighted by Gasteiger charge is 2.23. The summed E-state index contributed by atoms with van der Waals surface area (Å²) in [7, 11) is -2.65. The van der Waals surface area contributed by atoms with E-state index in [9.17, 15) is 17.2 Å². The summed E-state index contributed by atoms with van der Waals surface area (Å²) in [6.07, 6.45) is 0. The van der Waals surface area contributed by atoms with Gasteiger partial charge in [0.05, 0.1) is 0 Å². The number of nitrogens with zero attached hydrogens (tertiary/aromatic N) is 1. The van der Waals surface area contributed by atoms with Gasteiger partial charge in [0, 0.05) is 26.2 Å². The number of nitrogens with two attached hydrogens (primary N) is 1. The molecule has 0 unspecified atom stereocenters. The molecule has 0 aliphatic rings. The Labute approximate surface area is 92.7 Å². The molecule has 16 heavy (non-hydrogen) atoms. The van der Waals surface area contributed by atoms with Gasteiger partial charge < -0.3 is 5.73 Å². The van der Waals surface area contributed by atoms with Crippen LogP contribution in [0.2, 0.25) is 0 Å². The minimum atomic E-state index is -3.94. The van der Waals surface area contributed by atoms with Crippen LogP contribution in [0.3, 0.4) is 0 Å². The van der Waals surface area contributed by atoms with Crippen molar-refractivity contribution in [2.24, 2.45) is 5.73 Å². The molecule has 0 spiro atoms. The van der Waals surface area contributed by atoms with Gasteiger partial charge in [-0.3, -0.25) is 0 Å². The molecule has 0 aliphatic heterocycles. The third kappa shape index (κ3) is 2.55. The quantitative estimate of drug-likeness (QED) is 0.848. The standard InChI is InChI=1S/C9H12F2N2O2S/c1-13(5-4-12)16(14,15)9-3-2-7(10)6-8(9)11/h2-3,6H,4-5,12H2,1H3. The van der Waals surface area contributed by atoms with E-state index in [1.807, 2.05) is 0 Å². The molecule has 7 heteroatoms. The Morgan fingerprint density at radius 1 is 1.38 bits per heavy atom. The molecule has 0 atom stereocenters. The molecule has 0 fully saturated rings. The van der Waals surface area contributed by atoms with Crippen LogP contribution in [0.1, 0.15) is 0 Å². The van der Waals surface area contributed by atoms with Gasteiger partial charge in [-0.05, 0) is 12.1 Å². The lowest BCUT2D eigenvalue weighted by atomic mass is 10.3. The van der Waals surface area contributed by atoms with E-state index < -0.39 is 26.6 Å². The van der Waals surface area contributed by atoms with Crippen molar-refractivity contribution in [3.63, 3.8) is 0 Å². The molecule has 0 aromatic heterocycles. The predicted molar refractivity (Wildman–Crippen MR) is 55.2 cm³/mol. The summed E-state index contributed by atoms with van der Waals surface area (Å²) in [5.41, 5.74) is 5.21. The SMILES string of the molecule is CN(CCN)S(=O)(=O)c1ccc(F)cc1F. The van der Waals surface area contributed by atoms with E-state index in [1.165, 1.54) is 7.05 Å². The van der Waals surface area contributed by atoms with Crippen LogP contribution in [-0.4, -0.2) is 32.9 Å². The van der Waals surface area contributed by atoms with Gasteiger partial charge in [0.1, 0.15) is 16.5 Å². The van der Waals surface area contributed by atoms with Gasteiger partial charge >= 0.3 is 0 Å². The lowest BCUT2D eigenvalue weighted by molar-refractivity contribution is 0.467. The Morgan fingerprint density at radius 2 is 2.00 bits per heavy atom. The van der Waals surface area contributed by atoms with Gasteiger partial charge in [-0.1, -0.05) is 0 Å². The molecule has 0 saturated heterocycles. The van der Waals surface area contributed by atoms with Crippen LogP contribution in [0.5, 0.6) is 0 Å². The Bertz CT molecular complexity index is 476. The maximum absolute atomic E-state index is 13.3. The van der Waals surface area contributed by atoms with Gasteiger partial charge in [-0.2, -0.15) is 4.31 Å². The van der Waals surface area contributed by atoms with Crippen molar-refractivity contribution in [2.75, 3.05) is 20.1 Å². The summed E-state index contributed by atoms with van der Waals surface area (Å²) in [5.74, 6) is -1.93. The number of likely N-dealkylation sites (N-methyl/N-ethyl adjacent to an activating group) is 1. The second-order valence-corrected chi connectivity index (χ2v) is 5.20. The maximum Gasteiger partial charge on any atom is 0.245 e. The molecule has 0 radical (unpaired) electrons. The summed E-state index contributed by atoms with van der Waals surface area (Å²) >= 11 is 0. The first-order valence-electron chi connectivity index (χ1n) is 4.51. The first kappa shape index (κ1) is 13.0. The summed E-state index contributed by atoms with van der Waals surface area (Å²) in [4.78, 5) is -0.551. The van der Waals surface area contributed by atoms with Crippen molar-refractivity contribution >= 4 is 10.0 Å². The zero-order valence-electron chi connectivity index (χ0n) is 8.65. The van der Waals surface area contributed by atoms with Crippen molar-refractivity contribution in [3.8, 4) is 0 Å². The van der Waals surface area contributed by atoms with Gasteiger partial charge in [0.2, 0.25) is 10.0 Å². The van der Waals surface area contributed by atoms with E-state index in [0.717, 1.165) is 16.4 Å². The van der Waals surface area contributed by atoms with E-state index in [4.69, 9.17) is 5.73 Å². The first-order valence-corrected chi connectivity index (χ1v) is 5.95. The van der Waals surface area contributed by atoms with E-state index in [1.54, 1.807) is 0 Å². The zero-order chi connectivity index (χ0) is 12.3. The summed E-state index contributed by atoms with van der Waals surface area (Å²) in [5, 5.41) is 0. The van der Waals surface area contributed by atoms with Crippen molar-refractivity contribution in [3.05, 3.63) is 29.8 Å². The Balaban J connectivity index is 3.17. The Hall–Kier alpha value is -1.05. The molecule has 4 nitrogen and oxygen atoms in total. The normalized spacial score (nSPS) is 12.1. The molecule has 0 amide bonds. The van der Waals surface area contributed by atoms with E-state index in [0.29, 0.717) is 6.07 Å². The van der Waals surface area contributed by atoms with Gasteiger partial charge in [-0.15, -0.1) is 0 Å². The molecule has 0 heterocycles. The summed E-state index contributed by atoms with van der Waals surface area (Å²) in [6, 6.07) is 2.32. The first-order chi connectivity index (χ1) is 7.39. The van der Waals surface area contributed by atoms with Crippen LogP contribution >= 0.6 is 0 Å². The predicted octanol–water partition coefficient (Wildman–Crippen LogP) is 0.544. The van der Waals surface area contributed by atoms with Crippen LogP contribution in [-0.2, 0) is 10.0 Å². The molecular formula is C9H12F2N2O2S.